The fourth-order valence-corrected chi connectivity index (χ4v) is 1.34. The van der Waals surface area contributed by atoms with Gasteiger partial charge in [0, 0.05) is 39.1 Å². The Hall–Kier alpha value is -0.610. The summed E-state index contributed by atoms with van der Waals surface area (Å²) in [4.78, 5) is 15.5. The highest BCUT2D eigenvalue weighted by Crippen LogP contribution is 2.00. The molecule has 1 aliphatic rings. The molecular formula is C8H17N3O. The van der Waals surface area contributed by atoms with Crippen molar-refractivity contribution in [2.75, 3.05) is 39.8 Å². The number of carbonyl (C=O) groups is 1. The molecular weight excluding hydrogens is 154 g/mol. The van der Waals surface area contributed by atoms with Gasteiger partial charge in [0.1, 0.15) is 0 Å². The Labute approximate surface area is 73.3 Å². The van der Waals surface area contributed by atoms with Gasteiger partial charge in [-0.3, -0.25) is 4.79 Å². The molecule has 0 unspecified atom stereocenters. The second kappa shape index (κ2) is 4.42. The second-order valence-corrected chi connectivity index (χ2v) is 3.22. The standard InChI is InChI=1S/C8H17N3O/c1-10-4-6-11(7-5-10)8(12)2-3-9/h2-7,9H2,1H3. The smallest absolute Gasteiger partial charge is 0.223 e. The van der Waals surface area contributed by atoms with E-state index in [0.717, 1.165) is 26.2 Å². The monoisotopic (exact) mass is 171 g/mol. The Balaban J connectivity index is 2.29. The predicted octanol–water partition coefficient (Wildman–Crippen LogP) is -0.891. The molecule has 70 valence electrons. The number of piperazine rings is 1. The first-order chi connectivity index (χ1) is 5.74. The van der Waals surface area contributed by atoms with Crippen molar-refractivity contribution in [3.05, 3.63) is 0 Å². The van der Waals surface area contributed by atoms with E-state index in [1.807, 2.05) is 4.90 Å². The van der Waals surface area contributed by atoms with Crippen LogP contribution in [-0.2, 0) is 4.79 Å². The van der Waals surface area contributed by atoms with Crippen LogP contribution in [0, 0.1) is 0 Å². The first-order valence-corrected chi connectivity index (χ1v) is 4.40. The highest BCUT2D eigenvalue weighted by molar-refractivity contribution is 5.76. The first kappa shape index (κ1) is 9.48. The van der Waals surface area contributed by atoms with Crippen molar-refractivity contribution in [1.29, 1.82) is 0 Å². The van der Waals surface area contributed by atoms with E-state index >= 15 is 0 Å². The van der Waals surface area contributed by atoms with Crippen LogP contribution in [-0.4, -0.2) is 55.5 Å². The van der Waals surface area contributed by atoms with Crippen molar-refractivity contribution in [2.24, 2.45) is 5.73 Å². The Kier molecular flexibility index (Phi) is 3.49. The molecule has 4 nitrogen and oxygen atoms in total. The zero-order valence-corrected chi connectivity index (χ0v) is 7.62. The van der Waals surface area contributed by atoms with E-state index in [0.29, 0.717) is 13.0 Å². The summed E-state index contributed by atoms with van der Waals surface area (Å²) < 4.78 is 0. The minimum atomic E-state index is 0.200. The minimum Gasteiger partial charge on any atom is -0.340 e. The topological polar surface area (TPSA) is 49.6 Å². The molecule has 1 aliphatic heterocycles. The number of likely N-dealkylation sites (N-methyl/N-ethyl adjacent to an activating group) is 1. The molecule has 0 bridgehead atoms. The highest BCUT2D eigenvalue weighted by Gasteiger charge is 2.17. The Morgan fingerprint density at radius 1 is 1.33 bits per heavy atom. The van der Waals surface area contributed by atoms with Crippen LogP contribution < -0.4 is 5.73 Å². The lowest BCUT2D eigenvalue weighted by Crippen LogP contribution is -2.47. The number of amides is 1. The maximum atomic E-state index is 11.3. The van der Waals surface area contributed by atoms with Crippen LogP contribution in [0.25, 0.3) is 0 Å². The van der Waals surface area contributed by atoms with Gasteiger partial charge in [0.15, 0.2) is 0 Å². The lowest BCUT2D eigenvalue weighted by atomic mass is 10.3. The average Bonchev–Trinajstić information content (AvgIpc) is 2.06. The third kappa shape index (κ3) is 2.46. The third-order valence-corrected chi connectivity index (χ3v) is 2.21. The van der Waals surface area contributed by atoms with Gasteiger partial charge in [-0.25, -0.2) is 0 Å². The molecule has 12 heavy (non-hydrogen) atoms. The molecule has 0 aromatic heterocycles. The van der Waals surface area contributed by atoms with Crippen LogP contribution >= 0.6 is 0 Å². The van der Waals surface area contributed by atoms with Crippen molar-refractivity contribution in [3.8, 4) is 0 Å². The molecule has 0 radical (unpaired) electrons. The molecule has 0 spiro atoms. The van der Waals surface area contributed by atoms with Gasteiger partial charge < -0.3 is 15.5 Å². The maximum absolute atomic E-state index is 11.3. The SMILES string of the molecule is CN1CCN(C(=O)CCN)CC1. The van der Waals surface area contributed by atoms with Gasteiger partial charge in [-0.15, -0.1) is 0 Å². The van der Waals surface area contributed by atoms with Crippen LogP contribution in [0.2, 0.25) is 0 Å². The van der Waals surface area contributed by atoms with Crippen molar-refractivity contribution in [3.63, 3.8) is 0 Å². The summed E-state index contributed by atoms with van der Waals surface area (Å²) in [5, 5.41) is 0. The van der Waals surface area contributed by atoms with Crippen LogP contribution in [0.5, 0.6) is 0 Å². The largest absolute Gasteiger partial charge is 0.340 e. The Bertz CT molecular complexity index is 152. The number of nitrogens with two attached hydrogens (primary N) is 1. The molecule has 0 aromatic carbocycles. The molecule has 1 rings (SSSR count). The quantitative estimate of drug-likeness (QED) is 0.586. The molecule has 2 N–H and O–H groups in total. The third-order valence-electron chi connectivity index (χ3n) is 2.21. The summed E-state index contributed by atoms with van der Waals surface area (Å²) in [7, 11) is 2.07. The Morgan fingerprint density at radius 2 is 1.92 bits per heavy atom. The van der Waals surface area contributed by atoms with Crippen molar-refractivity contribution in [1.82, 2.24) is 9.80 Å². The van der Waals surface area contributed by atoms with Crippen LogP contribution in [0.3, 0.4) is 0 Å². The molecule has 0 aliphatic carbocycles. The van der Waals surface area contributed by atoms with E-state index in [9.17, 15) is 4.79 Å². The number of carbonyl (C=O) groups excluding carboxylic acids is 1. The molecule has 0 aromatic rings. The fourth-order valence-electron chi connectivity index (χ4n) is 1.34. The molecule has 1 amide bonds. The summed E-state index contributed by atoms with van der Waals surface area (Å²) in [6.45, 7) is 4.14. The summed E-state index contributed by atoms with van der Waals surface area (Å²) in [5.74, 6) is 0.200. The molecule has 0 atom stereocenters. The van der Waals surface area contributed by atoms with Gasteiger partial charge in [0.2, 0.25) is 5.91 Å². The van der Waals surface area contributed by atoms with Crippen LogP contribution in [0.15, 0.2) is 0 Å². The first-order valence-electron chi connectivity index (χ1n) is 4.40. The molecule has 4 heteroatoms. The van der Waals surface area contributed by atoms with Crippen LogP contribution in [0.4, 0.5) is 0 Å². The van der Waals surface area contributed by atoms with Gasteiger partial charge in [0.05, 0.1) is 0 Å². The number of nitrogens with zero attached hydrogens (tertiary/aromatic N) is 2. The summed E-state index contributed by atoms with van der Waals surface area (Å²) in [5.41, 5.74) is 5.31. The van der Waals surface area contributed by atoms with E-state index in [4.69, 9.17) is 5.73 Å². The molecule has 1 saturated heterocycles. The lowest BCUT2D eigenvalue weighted by molar-refractivity contribution is -0.132. The zero-order valence-electron chi connectivity index (χ0n) is 7.62. The second-order valence-electron chi connectivity index (χ2n) is 3.22. The number of hydrogen-bond acceptors (Lipinski definition) is 3. The van der Waals surface area contributed by atoms with Gasteiger partial charge in [-0.2, -0.15) is 0 Å². The van der Waals surface area contributed by atoms with E-state index in [1.165, 1.54) is 0 Å². The fraction of sp³-hybridized carbons (Fsp3) is 0.875. The van der Waals surface area contributed by atoms with Gasteiger partial charge in [-0.1, -0.05) is 0 Å². The summed E-state index contributed by atoms with van der Waals surface area (Å²) in [6.07, 6.45) is 0.490. The van der Waals surface area contributed by atoms with Crippen molar-refractivity contribution >= 4 is 5.91 Å². The highest BCUT2D eigenvalue weighted by atomic mass is 16.2. The van der Waals surface area contributed by atoms with Gasteiger partial charge >= 0.3 is 0 Å². The van der Waals surface area contributed by atoms with Crippen molar-refractivity contribution in [2.45, 2.75) is 6.42 Å². The van der Waals surface area contributed by atoms with E-state index in [2.05, 4.69) is 11.9 Å². The average molecular weight is 171 g/mol. The summed E-state index contributed by atoms with van der Waals surface area (Å²) >= 11 is 0. The lowest BCUT2D eigenvalue weighted by Gasteiger charge is -2.32. The van der Waals surface area contributed by atoms with Crippen LogP contribution in [0.1, 0.15) is 6.42 Å². The summed E-state index contributed by atoms with van der Waals surface area (Å²) in [6, 6.07) is 0. The maximum Gasteiger partial charge on any atom is 0.223 e. The minimum absolute atomic E-state index is 0.200. The van der Waals surface area contributed by atoms with E-state index < -0.39 is 0 Å². The molecule has 1 fully saturated rings. The van der Waals surface area contributed by atoms with Gasteiger partial charge in [0.25, 0.3) is 0 Å². The zero-order chi connectivity index (χ0) is 8.97. The molecule has 1 heterocycles. The normalized spacial score (nSPS) is 19.7. The van der Waals surface area contributed by atoms with Gasteiger partial charge in [-0.05, 0) is 7.05 Å². The number of hydrogen-bond donors (Lipinski definition) is 1. The van der Waals surface area contributed by atoms with Crippen molar-refractivity contribution < 1.29 is 4.79 Å². The number of rotatable bonds is 2. The van der Waals surface area contributed by atoms with E-state index in [1.54, 1.807) is 0 Å². The Morgan fingerprint density at radius 3 is 2.42 bits per heavy atom. The van der Waals surface area contributed by atoms with E-state index in [-0.39, 0.29) is 5.91 Å². The molecule has 0 saturated carbocycles. The predicted molar refractivity (Wildman–Crippen MR) is 47.7 cm³/mol.